The third-order valence-corrected chi connectivity index (χ3v) is 4.20. The monoisotopic (exact) mass is 369 g/mol. The number of ether oxygens (including phenoxy) is 1. The van der Waals surface area contributed by atoms with Crippen LogP contribution in [0.3, 0.4) is 0 Å². The van der Waals surface area contributed by atoms with Gasteiger partial charge in [-0.25, -0.2) is 0 Å². The molecule has 134 valence electrons. The van der Waals surface area contributed by atoms with E-state index in [1.54, 1.807) is 0 Å². The van der Waals surface area contributed by atoms with Crippen LogP contribution in [-0.4, -0.2) is 12.5 Å². The Bertz CT molecular complexity index is 854. The highest BCUT2D eigenvalue weighted by Gasteiger charge is 2.07. The Kier molecular flexibility index (Phi) is 5.97. The van der Waals surface area contributed by atoms with Gasteiger partial charge in [0.2, 0.25) is 0 Å². The van der Waals surface area contributed by atoms with Crippen molar-refractivity contribution in [3.63, 3.8) is 0 Å². The summed E-state index contributed by atoms with van der Waals surface area (Å²) in [5.74, 6) is 1.89. The maximum Gasteiger partial charge on any atom is 0.258 e. The van der Waals surface area contributed by atoms with Gasteiger partial charge >= 0.3 is 0 Å². The molecule has 0 spiro atoms. The van der Waals surface area contributed by atoms with Crippen LogP contribution in [0.5, 0.6) is 5.75 Å². The molecule has 0 aliphatic rings. The van der Waals surface area contributed by atoms with Crippen molar-refractivity contribution in [2.75, 3.05) is 6.61 Å². The highest BCUT2D eigenvalue weighted by Crippen LogP contribution is 2.23. The van der Waals surface area contributed by atoms with Crippen LogP contribution in [0.4, 0.5) is 0 Å². The zero-order valence-corrected chi connectivity index (χ0v) is 15.3. The molecule has 0 aliphatic heterocycles. The lowest BCUT2D eigenvalue weighted by Gasteiger charge is -2.07. The summed E-state index contributed by atoms with van der Waals surface area (Å²) in [6, 6.07) is 18.8. The summed E-state index contributed by atoms with van der Waals surface area (Å²) in [5.41, 5.74) is 2.17. The molecule has 1 N–H and O–H groups in total. The first kappa shape index (κ1) is 18.1. The summed E-state index contributed by atoms with van der Waals surface area (Å²) in [6.07, 6.45) is 0.974. The molecule has 0 saturated carbocycles. The minimum absolute atomic E-state index is 0.0315. The van der Waals surface area contributed by atoms with Crippen molar-refractivity contribution in [1.29, 1.82) is 0 Å². The van der Waals surface area contributed by atoms with Gasteiger partial charge in [0, 0.05) is 10.6 Å². The average Bonchev–Trinajstić information content (AvgIpc) is 3.14. The number of halogens is 1. The fourth-order valence-electron chi connectivity index (χ4n) is 2.45. The molecule has 3 rings (SSSR count). The summed E-state index contributed by atoms with van der Waals surface area (Å²) < 4.78 is 11.2. The molecule has 0 radical (unpaired) electrons. The smallest absolute Gasteiger partial charge is 0.258 e. The van der Waals surface area contributed by atoms with E-state index < -0.39 is 0 Å². The van der Waals surface area contributed by atoms with E-state index in [4.69, 9.17) is 20.8 Å². The molecular formula is C21H20ClNO3. The second-order valence-corrected chi connectivity index (χ2v) is 6.27. The van der Waals surface area contributed by atoms with Crippen LogP contribution >= 0.6 is 11.6 Å². The van der Waals surface area contributed by atoms with Crippen LogP contribution in [-0.2, 0) is 17.8 Å². The first-order valence-corrected chi connectivity index (χ1v) is 8.85. The number of hydrogen-bond acceptors (Lipinski definition) is 3. The molecule has 0 unspecified atom stereocenters. The quantitative estimate of drug-likeness (QED) is 0.647. The lowest BCUT2D eigenvalue weighted by Crippen LogP contribution is -2.28. The van der Waals surface area contributed by atoms with Gasteiger partial charge in [0.25, 0.3) is 5.91 Å². The van der Waals surface area contributed by atoms with E-state index in [2.05, 4.69) is 12.2 Å². The van der Waals surface area contributed by atoms with Gasteiger partial charge in [-0.3, -0.25) is 4.79 Å². The number of amides is 1. The molecule has 5 heteroatoms. The first-order chi connectivity index (χ1) is 12.6. The van der Waals surface area contributed by atoms with Crippen molar-refractivity contribution in [3.8, 4) is 17.1 Å². The van der Waals surface area contributed by atoms with E-state index in [1.807, 2.05) is 60.7 Å². The SMILES string of the molecule is CCc1ccc(OCC(=O)NCc2ccc(-c3ccc(Cl)cc3)o2)cc1. The molecule has 2 aromatic carbocycles. The minimum atomic E-state index is -0.200. The number of nitrogens with one attached hydrogen (secondary N) is 1. The van der Waals surface area contributed by atoms with Crippen LogP contribution in [0.2, 0.25) is 5.02 Å². The Morgan fingerprint density at radius 3 is 2.46 bits per heavy atom. The summed E-state index contributed by atoms with van der Waals surface area (Å²) in [6.45, 7) is 2.37. The summed E-state index contributed by atoms with van der Waals surface area (Å²) >= 11 is 5.89. The van der Waals surface area contributed by atoms with Gasteiger partial charge in [-0.05, 0) is 60.5 Å². The third-order valence-electron chi connectivity index (χ3n) is 3.95. The number of furan rings is 1. The molecule has 4 nitrogen and oxygen atoms in total. The highest BCUT2D eigenvalue weighted by atomic mass is 35.5. The van der Waals surface area contributed by atoms with E-state index in [0.717, 1.165) is 17.7 Å². The Morgan fingerprint density at radius 1 is 1.04 bits per heavy atom. The largest absolute Gasteiger partial charge is 0.484 e. The number of hydrogen-bond donors (Lipinski definition) is 1. The van der Waals surface area contributed by atoms with Crippen LogP contribution < -0.4 is 10.1 Å². The van der Waals surface area contributed by atoms with Gasteiger partial charge in [0.05, 0.1) is 6.54 Å². The van der Waals surface area contributed by atoms with Gasteiger partial charge in [0.15, 0.2) is 6.61 Å². The fourth-order valence-corrected chi connectivity index (χ4v) is 2.58. The molecule has 0 bridgehead atoms. The van der Waals surface area contributed by atoms with Gasteiger partial charge in [-0.1, -0.05) is 30.7 Å². The number of carbonyl (C=O) groups excluding carboxylic acids is 1. The van der Waals surface area contributed by atoms with Crippen molar-refractivity contribution in [2.24, 2.45) is 0 Å². The van der Waals surface area contributed by atoms with Crippen LogP contribution in [0.1, 0.15) is 18.2 Å². The zero-order valence-electron chi connectivity index (χ0n) is 14.5. The minimum Gasteiger partial charge on any atom is -0.484 e. The predicted molar refractivity (Wildman–Crippen MR) is 102 cm³/mol. The molecule has 0 aliphatic carbocycles. The molecule has 1 amide bonds. The van der Waals surface area contributed by atoms with Crippen molar-refractivity contribution in [3.05, 3.63) is 77.0 Å². The predicted octanol–water partition coefficient (Wildman–Crippen LogP) is 4.86. The molecule has 0 fully saturated rings. The Balaban J connectivity index is 1.47. The summed E-state index contributed by atoms with van der Waals surface area (Å²) in [7, 11) is 0. The van der Waals surface area contributed by atoms with E-state index in [9.17, 15) is 4.79 Å². The number of aryl methyl sites for hydroxylation is 1. The topological polar surface area (TPSA) is 51.5 Å². The lowest BCUT2D eigenvalue weighted by atomic mass is 10.2. The van der Waals surface area contributed by atoms with Gasteiger partial charge in [-0.2, -0.15) is 0 Å². The average molecular weight is 370 g/mol. The van der Waals surface area contributed by atoms with Crippen LogP contribution in [0.25, 0.3) is 11.3 Å². The van der Waals surface area contributed by atoms with Crippen LogP contribution in [0, 0.1) is 0 Å². The van der Waals surface area contributed by atoms with Crippen molar-refractivity contribution in [1.82, 2.24) is 5.32 Å². The molecule has 1 aromatic heterocycles. The maximum atomic E-state index is 11.9. The van der Waals surface area contributed by atoms with E-state index in [0.29, 0.717) is 23.1 Å². The van der Waals surface area contributed by atoms with Crippen LogP contribution in [0.15, 0.2) is 65.1 Å². The number of carbonyl (C=O) groups is 1. The number of rotatable bonds is 7. The van der Waals surface area contributed by atoms with E-state index in [1.165, 1.54) is 5.56 Å². The van der Waals surface area contributed by atoms with Gasteiger partial charge in [-0.15, -0.1) is 0 Å². The fraction of sp³-hybridized carbons (Fsp3) is 0.190. The van der Waals surface area contributed by atoms with Crippen molar-refractivity contribution < 1.29 is 13.9 Å². The molecule has 0 atom stereocenters. The second-order valence-electron chi connectivity index (χ2n) is 5.84. The Morgan fingerprint density at radius 2 is 1.77 bits per heavy atom. The second kappa shape index (κ2) is 8.59. The van der Waals surface area contributed by atoms with Crippen molar-refractivity contribution in [2.45, 2.75) is 19.9 Å². The molecule has 0 saturated heterocycles. The normalized spacial score (nSPS) is 10.5. The Labute approximate surface area is 157 Å². The Hall–Kier alpha value is -2.72. The standard InChI is InChI=1S/C21H20ClNO3/c1-2-15-3-9-18(10-4-15)25-14-21(24)23-13-19-11-12-20(26-19)16-5-7-17(22)8-6-16/h3-12H,2,13-14H2,1H3,(H,23,24). The third kappa shape index (κ3) is 4.90. The molecule has 3 aromatic rings. The lowest BCUT2D eigenvalue weighted by molar-refractivity contribution is -0.123. The molecule has 1 heterocycles. The maximum absolute atomic E-state index is 11.9. The first-order valence-electron chi connectivity index (χ1n) is 8.47. The van der Waals surface area contributed by atoms with E-state index in [-0.39, 0.29) is 12.5 Å². The summed E-state index contributed by atoms with van der Waals surface area (Å²) in [4.78, 5) is 11.9. The summed E-state index contributed by atoms with van der Waals surface area (Å²) in [5, 5.41) is 3.46. The molecular weight excluding hydrogens is 350 g/mol. The number of benzene rings is 2. The van der Waals surface area contributed by atoms with E-state index >= 15 is 0 Å². The highest BCUT2D eigenvalue weighted by molar-refractivity contribution is 6.30. The van der Waals surface area contributed by atoms with Crippen molar-refractivity contribution >= 4 is 17.5 Å². The zero-order chi connectivity index (χ0) is 18.4. The van der Waals surface area contributed by atoms with Gasteiger partial charge < -0.3 is 14.5 Å². The van der Waals surface area contributed by atoms with Gasteiger partial charge in [0.1, 0.15) is 17.3 Å². The molecule has 26 heavy (non-hydrogen) atoms.